The number of hydrogen-bond acceptors (Lipinski definition) is 6. The number of furan rings is 4. The first-order valence-electron chi connectivity index (χ1n) is 28.5. The second-order valence-electron chi connectivity index (χ2n) is 21.9. The predicted molar refractivity (Wildman–Crippen MR) is 348 cm³/mol. The molecule has 0 unspecified atom stereocenters. The molecule has 0 aliphatic carbocycles. The lowest BCUT2D eigenvalue weighted by molar-refractivity contribution is 0.668. The lowest BCUT2D eigenvalue weighted by Crippen LogP contribution is -2.09. The van der Waals surface area contributed by atoms with Gasteiger partial charge in [-0.05, 0) is 141 Å². The zero-order chi connectivity index (χ0) is 55.0. The van der Waals surface area contributed by atoms with E-state index in [0.717, 1.165) is 155 Å². The van der Waals surface area contributed by atoms with Gasteiger partial charge in [0.15, 0.2) is 0 Å². The summed E-state index contributed by atoms with van der Waals surface area (Å²) in [5.41, 5.74) is 16.7. The number of fused-ring (bicyclic) bond motifs is 17. The minimum absolute atomic E-state index is 0.783. The highest BCUT2D eigenvalue weighted by Crippen LogP contribution is 2.51. The van der Waals surface area contributed by atoms with Crippen LogP contribution in [0, 0.1) is 0 Å². The first kappa shape index (κ1) is 46.4. The maximum atomic E-state index is 7.28. The van der Waals surface area contributed by atoms with Crippen molar-refractivity contribution in [1.29, 1.82) is 0 Å². The van der Waals surface area contributed by atoms with Crippen molar-refractivity contribution in [2.45, 2.75) is 0 Å². The van der Waals surface area contributed by atoms with E-state index in [-0.39, 0.29) is 0 Å². The van der Waals surface area contributed by atoms with Gasteiger partial charge in [-0.15, -0.1) is 0 Å². The number of para-hydroxylation sites is 2. The Bertz CT molecular complexity index is 5480. The first-order chi connectivity index (χ1) is 41.6. The van der Waals surface area contributed by atoms with Crippen LogP contribution in [0.3, 0.4) is 0 Å². The number of nitrogens with zero attached hydrogens (tertiary/aromatic N) is 2. The van der Waals surface area contributed by atoms with E-state index in [2.05, 4.69) is 289 Å². The van der Waals surface area contributed by atoms with E-state index in [4.69, 9.17) is 17.7 Å². The second kappa shape index (κ2) is 18.1. The van der Waals surface area contributed by atoms with Gasteiger partial charge < -0.3 is 27.5 Å². The molecule has 392 valence electrons. The van der Waals surface area contributed by atoms with E-state index < -0.39 is 0 Å². The molecule has 0 fully saturated rings. The molecule has 18 rings (SSSR count). The quantitative estimate of drug-likeness (QED) is 0.151. The third-order valence-electron chi connectivity index (χ3n) is 17.2. The highest BCUT2D eigenvalue weighted by molar-refractivity contribution is 6.28. The highest BCUT2D eigenvalue weighted by Gasteiger charge is 2.26. The molecule has 6 heteroatoms. The molecule has 0 saturated carbocycles. The molecule has 4 heterocycles. The van der Waals surface area contributed by atoms with Crippen molar-refractivity contribution < 1.29 is 17.7 Å². The largest absolute Gasteiger partial charge is 0.456 e. The molecule has 0 saturated heterocycles. The molecule has 0 N–H and O–H groups in total. The first-order valence-corrected chi connectivity index (χ1v) is 28.5. The lowest BCUT2D eigenvalue weighted by atomic mass is 9.88. The Balaban J connectivity index is 0.826. The minimum Gasteiger partial charge on any atom is -0.456 e. The van der Waals surface area contributed by atoms with Gasteiger partial charge in [-0.1, -0.05) is 158 Å². The fraction of sp³-hybridized carbons (Fsp3) is 0. The van der Waals surface area contributed by atoms with Crippen LogP contribution >= 0.6 is 0 Å². The Morgan fingerprint density at radius 1 is 0.202 bits per heavy atom. The molecular formula is C78H46N2O4. The molecule has 0 bridgehead atoms. The van der Waals surface area contributed by atoms with Crippen LogP contribution in [-0.2, 0) is 0 Å². The molecule has 0 amide bonds. The van der Waals surface area contributed by atoms with Gasteiger partial charge in [0, 0.05) is 113 Å². The molecular weight excluding hydrogens is 1030 g/mol. The summed E-state index contributed by atoms with van der Waals surface area (Å²) in [5, 5.41) is 15.5. The molecule has 84 heavy (non-hydrogen) atoms. The molecule has 0 radical (unpaired) electrons. The predicted octanol–water partition coefficient (Wildman–Crippen LogP) is 23.0. The molecule has 0 atom stereocenters. The van der Waals surface area contributed by atoms with E-state index in [0.29, 0.717) is 0 Å². The Kier molecular flexibility index (Phi) is 9.99. The normalized spacial score (nSPS) is 12.0. The van der Waals surface area contributed by atoms with Crippen molar-refractivity contribution in [1.82, 2.24) is 0 Å². The lowest BCUT2D eigenvalue weighted by Gasteiger charge is -2.25. The number of rotatable bonds is 8. The van der Waals surface area contributed by atoms with Crippen LogP contribution < -0.4 is 9.80 Å². The standard InChI is InChI=1S/C78H46N2O4/c1-5-19-49(20-6-1)73-63-45-65-59-35-31-53(79(51-23-9-3-10-24-51)54-32-36-60-69(42-54)81-66-39-29-47-17-13-15-27-57(47)75(60)66)41-68(59)84-78(65)74(50-21-7-2-8-22-50)64(63)46-72-77(73)62-38-34-56(44-71(62)83-72)80(52-25-11-4-12-26-52)55-33-37-61-70(43-55)82-67-40-30-48-18-14-16-28-58(48)76(61)67/h1-46H. The van der Waals surface area contributed by atoms with Crippen LogP contribution in [-0.4, -0.2) is 0 Å². The van der Waals surface area contributed by atoms with Crippen LogP contribution in [0.25, 0.3) is 142 Å². The minimum atomic E-state index is 0.783. The van der Waals surface area contributed by atoms with Gasteiger partial charge >= 0.3 is 0 Å². The van der Waals surface area contributed by atoms with Gasteiger partial charge in [-0.25, -0.2) is 0 Å². The van der Waals surface area contributed by atoms with Crippen LogP contribution in [0.2, 0.25) is 0 Å². The zero-order valence-corrected chi connectivity index (χ0v) is 45.1. The summed E-state index contributed by atoms with van der Waals surface area (Å²) in [6, 6.07) is 98.8. The van der Waals surface area contributed by atoms with Gasteiger partial charge in [-0.2, -0.15) is 0 Å². The summed E-state index contributed by atoms with van der Waals surface area (Å²) in [6.07, 6.45) is 0. The van der Waals surface area contributed by atoms with Gasteiger partial charge in [0.05, 0.1) is 0 Å². The average Bonchev–Trinajstić information content (AvgIpc) is 3.17. The smallest absolute Gasteiger partial charge is 0.143 e. The Hall–Kier alpha value is -11.3. The van der Waals surface area contributed by atoms with Crippen molar-refractivity contribution in [2.75, 3.05) is 9.80 Å². The topological polar surface area (TPSA) is 59.0 Å². The fourth-order valence-corrected chi connectivity index (χ4v) is 13.5. The molecule has 0 spiro atoms. The summed E-state index contributed by atoms with van der Waals surface area (Å²) in [7, 11) is 0. The third kappa shape index (κ3) is 7.04. The second-order valence-corrected chi connectivity index (χ2v) is 21.9. The summed E-state index contributed by atoms with van der Waals surface area (Å²) in [6.45, 7) is 0. The Morgan fingerprint density at radius 3 is 1.10 bits per heavy atom. The van der Waals surface area contributed by atoms with Crippen LogP contribution in [0.4, 0.5) is 34.1 Å². The molecule has 18 aromatic rings. The van der Waals surface area contributed by atoms with Crippen molar-refractivity contribution in [3.63, 3.8) is 0 Å². The summed E-state index contributed by atoms with van der Waals surface area (Å²) < 4.78 is 27.7. The molecule has 0 aliphatic heterocycles. The maximum absolute atomic E-state index is 7.28. The highest BCUT2D eigenvalue weighted by atomic mass is 16.3. The number of hydrogen-bond donors (Lipinski definition) is 0. The number of benzene rings is 14. The van der Waals surface area contributed by atoms with Crippen molar-refractivity contribution in [3.05, 3.63) is 279 Å². The summed E-state index contributed by atoms with van der Waals surface area (Å²) >= 11 is 0. The van der Waals surface area contributed by atoms with E-state index in [1.807, 2.05) is 0 Å². The van der Waals surface area contributed by atoms with Crippen molar-refractivity contribution in [2.24, 2.45) is 0 Å². The third-order valence-corrected chi connectivity index (χ3v) is 17.2. The Labute approximate surface area is 480 Å². The fourth-order valence-electron chi connectivity index (χ4n) is 13.5. The van der Waals surface area contributed by atoms with Crippen LogP contribution in [0.15, 0.2) is 297 Å². The molecule has 4 aromatic heterocycles. The van der Waals surface area contributed by atoms with Gasteiger partial charge in [0.2, 0.25) is 0 Å². The van der Waals surface area contributed by atoms with E-state index >= 15 is 0 Å². The molecule has 14 aromatic carbocycles. The van der Waals surface area contributed by atoms with Gasteiger partial charge in [-0.3, -0.25) is 0 Å². The number of anilines is 6. The maximum Gasteiger partial charge on any atom is 0.143 e. The van der Waals surface area contributed by atoms with Gasteiger partial charge in [0.1, 0.15) is 44.7 Å². The van der Waals surface area contributed by atoms with Crippen LogP contribution in [0.1, 0.15) is 0 Å². The van der Waals surface area contributed by atoms with Crippen LogP contribution in [0.5, 0.6) is 0 Å². The SMILES string of the molecule is c1ccc(-c2c3cc4oc5cc(N(c6ccccc6)c6ccc7c(c6)oc6ccc8ccccc8c67)ccc5c4c(-c4ccccc4)c3cc3c2oc2cc(N(c4ccccc4)c4ccc5c(c4)oc4ccc6ccccc6c45)ccc23)cc1. The average molecular weight is 1080 g/mol. The summed E-state index contributed by atoms with van der Waals surface area (Å²) in [5.74, 6) is 0. The summed E-state index contributed by atoms with van der Waals surface area (Å²) in [4.78, 5) is 4.56. The molecule has 6 nitrogen and oxygen atoms in total. The van der Waals surface area contributed by atoms with E-state index in [9.17, 15) is 0 Å². The van der Waals surface area contributed by atoms with E-state index in [1.54, 1.807) is 0 Å². The van der Waals surface area contributed by atoms with Crippen molar-refractivity contribution in [3.8, 4) is 22.3 Å². The van der Waals surface area contributed by atoms with Crippen molar-refractivity contribution >= 4 is 154 Å². The van der Waals surface area contributed by atoms with Gasteiger partial charge in [0.25, 0.3) is 0 Å². The monoisotopic (exact) mass is 1070 g/mol. The zero-order valence-electron chi connectivity index (χ0n) is 45.1. The molecule has 0 aliphatic rings. The van der Waals surface area contributed by atoms with E-state index in [1.165, 1.54) is 21.5 Å². The Morgan fingerprint density at radius 2 is 0.595 bits per heavy atom.